The maximum Gasteiger partial charge on any atom is 0.339 e. The molecule has 0 spiro atoms. The Morgan fingerprint density at radius 1 is 1.03 bits per heavy atom. The van der Waals surface area contributed by atoms with Crippen molar-refractivity contribution in [2.75, 3.05) is 31.8 Å². The summed E-state index contributed by atoms with van der Waals surface area (Å²) in [6.07, 6.45) is 0. The van der Waals surface area contributed by atoms with Crippen LogP contribution in [0.5, 0.6) is 0 Å². The van der Waals surface area contributed by atoms with Gasteiger partial charge in [-0.05, 0) is 44.0 Å². The van der Waals surface area contributed by atoms with Crippen molar-refractivity contribution in [1.29, 1.82) is 0 Å². The van der Waals surface area contributed by atoms with Crippen molar-refractivity contribution in [3.05, 3.63) is 58.7 Å². The number of benzene rings is 2. The maximum absolute atomic E-state index is 12.5. The highest BCUT2D eigenvalue weighted by molar-refractivity contribution is 8.00. The molecule has 0 bridgehead atoms. The summed E-state index contributed by atoms with van der Waals surface area (Å²) >= 11 is 1.26. The van der Waals surface area contributed by atoms with Crippen molar-refractivity contribution in [3.8, 4) is 0 Å². The number of amides is 2. The highest BCUT2D eigenvalue weighted by Gasteiger charge is 2.16. The summed E-state index contributed by atoms with van der Waals surface area (Å²) in [4.78, 5) is 38.7. The van der Waals surface area contributed by atoms with Crippen LogP contribution in [0.15, 0.2) is 41.3 Å². The molecule has 7 heteroatoms. The van der Waals surface area contributed by atoms with Crippen LogP contribution < -0.4 is 5.32 Å². The highest BCUT2D eigenvalue weighted by atomic mass is 32.2. The average Bonchev–Trinajstić information content (AvgIpc) is 2.67. The fourth-order valence-electron chi connectivity index (χ4n) is 2.79. The van der Waals surface area contributed by atoms with Crippen LogP contribution in [0.1, 0.15) is 27.0 Å². The van der Waals surface area contributed by atoms with Crippen LogP contribution in [0.4, 0.5) is 5.69 Å². The first-order valence-electron chi connectivity index (χ1n) is 9.16. The lowest BCUT2D eigenvalue weighted by Gasteiger charge is -2.14. The van der Waals surface area contributed by atoms with E-state index < -0.39 is 11.9 Å². The van der Waals surface area contributed by atoms with E-state index in [4.69, 9.17) is 4.74 Å². The van der Waals surface area contributed by atoms with Gasteiger partial charge in [0.1, 0.15) is 0 Å². The minimum absolute atomic E-state index is 0.0543. The second kappa shape index (κ2) is 10.1. The Bertz CT molecular complexity index is 902. The third-order valence-corrected chi connectivity index (χ3v) is 5.29. The van der Waals surface area contributed by atoms with Gasteiger partial charge in [-0.2, -0.15) is 0 Å². The normalized spacial score (nSPS) is 10.4. The summed E-state index contributed by atoms with van der Waals surface area (Å²) in [7, 11) is 3.36. The summed E-state index contributed by atoms with van der Waals surface area (Å²) in [6, 6.07) is 10.8. The zero-order chi connectivity index (χ0) is 21.6. The molecular weight excluding hydrogens is 388 g/mol. The summed E-state index contributed by atoms with van der Waals surface area (Å²) in [6.45, 7) is 5.45. The van der Waals surface area contributed by atoms with Crippen LogP contribution in [0.2, 0.25) is 0 Å². The molecule has 154 valence electrons. The molecule has 0 aliphatic carbocycles. The molecule has 2 amide bonds. The molecular formula is C22H26N2O4S. The van der Waals surface area contributed by atoms with Gasteiger partial charge < -0.3 is 15.0 Å². The van der Waals surface area contributed by atoms with Crippen molar-refractivity contribution in [2.24, 2.45) is 0 Å². The third-order valence-electron chi connectivity index (χ3n) is 4.23. The van der Waals surface area contributed by atoms with E-state index in [0.717, 1.165) is 22.4 Å². The number of carbonyl (C=O) groups is 3. The van der Waals surface area contributed by atoms with E-state index in [1.165, 1.54) is 16.7 Å². The van der Waals surface area contributed by atoms with Crippen LogP contribution in [0, 0.1) is 20.8 Å². The van der Waals surface area contributed by atoms with Crippen molar-refractivity contribution >= 4 is 35.2 Å². The number of thioether (sulfide) groups is 1. The van der Waals surface area contributed by atoms with Crippen LogP contribution >= 0.6 is 11.8 Å². The molecule has 0 saturated heterocycles. The summed E-state index contributed by atoms with van der Waals surface area (Å²) in [5, 5.41) is 2.81. The summed E-state index contributed by atoms with van der Waals surface area (Å²) in [5.74, 6) is -0.843. The molecule has 0 radical (unpaired) electrons. The predicted molar refractivity (Wildman–Crippen MR) is 115 cm³/mol. The number of rotatable bonds is 7. The van der Waals surface area contributed by atoms with Gasteiger partial charge in [-0.15, -0.1) is 11.8 Å². The van der Waals surface area contributed by atoms with Gasteiger partial charge in [-0.25, -0.2) is 4.79 Å². The fourth-order valence-corrected chi connectivity index (χ4v) is 3.81. The van der Waals surface area contributed by atoms with Crippen LogP contribution in [-0.2, 0) is 14.3 Å². The zero-order valence-electron chi connectivity index (χ0n) is 17.4. The lowest BCUT2D eigenvalue weighted by molar-refractivity contribution is -0.125. The number of carbonyl (C=O) groups excluding carboxylic acids is 3. The van der Waals surface area contributed by atoms with Crippen molar-refractivity contribution in [3.63, 3.8) is 0 Å². The van der Waals surface area contributed by atoms with Gasteiger partial charge in [-0.1, -0.05) is 29.8 Å². The molecule has 2 aromatic rings. The molecule has 6 nitrogen and oxygen atoms in total. The van der Waals surface area contributed by atoms with Crippen LogP contribution in [0.25, 0.3) is 0 Å². The third kappa shape index (κ3) is 6.35. The lowest BCUT2D eigenvalue weighted by Crippen LogP contribution is -2.24. The van der Waals surface area contributed by atoms with Crippen molar-refractivity contribution in [2.45, 2.75) is 25.7 Å². The Hall–Kier alpha value is -2.80. The Balaban J connectivity index is 1.99. The van der Waals surface area contributed by atoms with Crippen molar-refractivity contribution in [1.82, 2.24) is 4.90 Å². The Morgan fingerprint density at radius 3 is 2.28 bits per heavy atom. The number of anilines is 1. The first-order valence-corrected chi connectivity index (χ1v) is 10.1. The first kappa shape index (κ1) is 22.5. The fraction of sp³-hybridized carbons (Fsp3) is 0.318. The Kier molecular flexibility index (Phi) is 7.84. The molecule has 2 aromatic carbocycles. The largest absolute Gasteiger partial charge is 0.452 e. The monoisotopic (exact) mass is 414 g/mol. The number of esters is 1. The van der Waals surface area contributed by atoms with E-state index in [0.29, 0.717) is 10.5 Å². The smallest absolute Gasteiger partial charge is 0.339 e. The van der Waals surface area contributed by atoms with Crippen LogP contribution in [0.3, 0.4) is 0 Å². The number of hydrogen-bond donors (Lipinski definition) is 1. The van der Waals surface area contributed by atoms with Gasteiger partial charge >= 0.3 is 5.97 Å². The Morgan fingerprint density at radius 2 is 1.66 bits per heavy atom. The minimum atomic E-state index is -0.599. The number of hydrogen-bond acceptors (Lipinski definition) is 5. The van der Waals surface area contributed by atoms with Crippen LogP contribution in [-0.4, -0.2) is 49.1 Å². The second-order valence-electron chi connectivity index (χ2n) is 6.97. The van der Waals surface area contributed by atoms with E-state index >= 15 is 0 Å². The highest BCUT2D eigenvalue weighted by Crippen LogP contribution is 2.24. The SMILES string of the molecule is Cc1cc(C)c(NC(=O)COC(=O)c2ccccc2SCC(=O)N(C)C)c(C)c1. The molecule has 0 saturated carbocycles. The molecule has 0 aliphatic heterocycles. The van der Waals surface area contributed by atoms with E-state index in [2.05, 4.69) is 5.32 Å². The van der Waals surface area contributed by atoms with Gasteiger partial charge in [0.15, 0.2) is 6.61 Å². The van der Waals surface area contributed by atoms with Gasteiger partial charge in [-0.3, -0.25) is 9.59 Å². The van der Waals surface area contributed by atoms with E-state index in [9.17, 15) is 14.4 Å². The van der Waals surface area contributed by atoms with Gasteiger partial charge in [0, 0.05) is 24.7 Å². The lowest BCUT2D eigenvalue weighted by atomic mass is 10.1. The number of nitrogens with one attached hydrogen (secondary N) is 1. The molecule has 0 aromatic heterocycles. The number of nitrogens with zero attached hydrogens (tertiary/aromatic N) is 1. The predicted octanol–water partition coefficient (Wildman–Crippen LogP) is 3.59. The molecule has 1 N–H and O–H groups in total. The van der Waals surface area contributed by atoms with Crippen molar-refractivity contribution < 1.29 is 19.1 Å². The molecule has 0 aliphatic rings. The van der Waals surface area contributed by atoms with Gasteiger partial charge in [0.25, 0.3) is 5.91 Å². The first-order chi connectivity index (χ1) is 13.7. The molecule has 0 fully saturated rings. The molecule has 0 heterocycles. The number of ether oxygens (including phenoxy) is 1. The molecule has 0 unspecified atom stereocenters. The standard InChI is InChI=1S/C22H26N2O4S/c1-14-10-15(2)21(16(3)11-14)23-19(25)12-28-22(27)17-8-6-7-9-18(17)29-13-20(26)24(4)5/h6-11H,12-13H2,1-5H3,(H,23,25). The number of aryl methyl sites for hydroxylation is 3. The Labute approximate surface area is 175 Å². The maximum atomic E-state index is 12.5. The van der Waals surface area contributed by atoms with Gasteiger partial charge in [0.05, 0.1) is 11.3 Å². The molecule has 29 heavy (non-hydrogen) atoms. The van der Waals surface area contributed by atoms with E-state index in [1.54, 1.807) is 38.4 Å². The van der Waals surface area contributed by atoms with Gasteiger partial charge in [0.2, 0.25) is 5.91 Å². The quantitative estimate of drug-likeness (QED) is 0.554. The molecule has 2 rings (SSSR count). The van der Waals surface area contributed by atoms with E-state index in [-0.39, 0.29) is 18.3 Å². The van der Waals surface area contributed by atoms with E-state index in [1.807, 2.05) is 32.9 Å². The zero-order valence-corrected chi connectivity index (χ0v) is 18.2. The second-order valence-corrected chi connectivity index (χ2v) is 7.99. The molecule has 0 atom stereocenters. The summed E-state index contributed by atoms with van der Waals surface area (Å²) < 4.78 is 5.20. The topological polar surface area (TPSA) is 75.7 Å². The summed E-state index contributed by atoms with van der Waals surface area (Å²) in [5.41, 5.74) is 4.09. The average molecular weight is 415 g/mol. The minimum Gasteiger partial charge on any atom is -0.452 e.